The van der Waals surface area contributed by atoms with Gasteiger partial charge in [-0.3, -0.25) is 0 Å². The van der Waals surface area contributed by atoms with Gasteiger partial charge in [0.1, 0.15) is 0 Å². The van der Waals surface area contributed by atoms with Crippen LogP contribution in [0.15, 0.2) is 27.6 Å². The van der Waals surface area contributed by atoms with Crippen molar-refractivity contribution in [1.29, 1.82) is 0 Å². The topological polar surface area (TPSA) is 58.3 Å². The average Bonchev–Trinajstić information content (AvgIpc) is 2.29. The van der Waals surface area contributed by atoms with E-state index in [0.717, 1.165) is 46.7 Å². The van der Waals surface area contributed by atoms with Crippen molar-refractivity contribution >= 4 is 33.4 Å². The van der Waals surface area contributed by atoms with Crippen LogP contribution in [0.5, 0.6) is 0 Å². The summed E-state index contributed by atoms with van der Waals surface area (Å²) >= 11 is 5.18. The highest BCUT2D eigenvalue weighted by Crippen LogP contribution is 2.33. The molecule has 0 aromatic heterocycles. The van der Waals surface area contributed by atoms with Crippen LogP contribution in [-0.2, 0) is 0 Å². The van der Waals surface area contributed by atoms with Crippen molar-refractivity contribution in [3.63, 3.8) is 0 Å². The molecule has 0 aliphatic carbocycles. The van der Waals surface area contributed by atoms with Gasteiger partial charge in [-0.1, -0.05) is 0 Å². The zero-order valence-corrected chi connectivity index (χ0v) is 12.0. The molecule has 1 saturated heterocycles. The predicted octanol–water partition coefficient (Wildman–Crippen LogP) is 2.24. The monoisotopic (exact) mass is 316 g/mol. The highest BCUT2D eigenvalue weighted by Gasteiger charge is 2.29. The summed E-state index contributed by atoms with van der Waals surface area (Å²) in [5, 5.41) is 13.6. The Bertz CT molecular complexity index is 394. The first kappa shape index (κ1) is 13.2. The largest absolute Gasteiger partial charge is 0.399 e. The van der Waals surface area contributed by atoms with Crippen molar-refractivity contribution in [3.8, 4) is 0 Å². The number of nitrogen functional groups attached to an aromatic ring is 1. The summed E-state index contributed by atoms with van der Waals surface area (Å²) < 4.78 is 1.00. The van der Waals surface area contributed by atoms with Crippen molar-refractivity contribution in [2.24, 2.45) is 0 Å². The molecule has 1 fully saturated rings. The smallest absolute Gasteiger partial charge is 0.0765 e. The Kier molecular flexibility index (Phi) is 4.36. The molecule has 0 radical (unpaired) electrons. The van der Waals surface area contributed by atoms with Crippen LogP contribution >= 0.6 is 27.7 Å². The van der Waals surface area contributed by atoms with Gasteiger partial charge in [0.25, 0.3) is 0 Å². The number of hydrogen-bond acceptors (Lipinski definition) is 4. The summed E-state index contributed by atoms with van der Waals surface area (Å²) in [7, 11) is 0. The van der Waals surface area contributed by atoms with Gasteiger partial charge in [-0.2, -0.15) is 0 Å². The van der Waals surface area contributed by atoms with E-state index in [9.17, 15) is 5.11 Å². The van der Waals surface area contributed by atoms with Crippen LogP contribution < -0.4 is 11.1 Å². The fourth-order valence-corrected chi connectivity index (χ4v) is 3.70. The molecule has 94 valence electrons. The summed E-state index contributed by atoms with van der Waals surface area (Å²) in [6.07, 6.45) is 1.65. The number of rotatable bonds is 3. The Balaban J connectivity index is 1.97. The van der Waals surface area contributed by atoms with Gasteiger partial charge in [-0.05, 0) is 60.1 Å². The Morgan fingerprint density at radius 3 is 2.76 bits per heavy atom. The van der Waals surface area contributed by atoms with E-state index >= 15 is 0 Å². The number of nitrogens with two attached hydrogens (primary N) is 1. The lowest BCUT2D eigenvalue weighted by atomic mass is 9.95. The lowest BCUT2D eigenvalue weighted by Gasteiger charge is -2.32. The van der Waals surface area contributed by atoms with Crippen molar-refractivity contribution in [3.05, 3.63) is 22.7 Å². The molecule has 17 heavy (non-hydrogen) atoms. The lowest BCUT2D eigenvalue weighted by molar-refractivity contribution is 0.0339. The van der Waals surface area contributed by atoms with Crippen LogP contribution in [0.1, 0.15) is 12.8 Å². The third-order valence-corrected chi connectivity index (χ3v) is 5.25. The molecule has 3 nitrogen and oxygen atoms in total. The minimum Gasteiger partial charge on any atom is -0.399 e. The predicted molar refractivity (Wildman–Crippen MR) is 76.3 cm³/mol. The second-order valence-electron chi connectivity index (χ2n) is 4.45. The molecule has 1 aliphatic rings. The SMILES string of the molecule is Nc1ccc(SCC2(O)CCNCC2)c(Br)c1. The maximum atomic E-state index is 10.4. The van der Waals surface area contributed by atoms with Gasteiger partial charge in [0.15, 0.2) is 0 Å². The number of aliphatic hydroxyl groups is 1. The average molecular weight is 317 g/mol. The zero-order valence-electron chi connectivity index (χ0n) is 9.58. The Morgan fingerprint density at radius 2 is 2.12 bits per heavy atom. The molecule has 0 bridgehead atoms. The molecule has 5 heteroatoms. The van der Waals surface area contributed by atoms with Crippen LogP contribution in [0.25, 0.3) is 0 Å². The van der Waals surface area contributed by atoms with Crippen molar-refractivity contribution in [2.75, 3.05) is 24.6 Å². The molecule has 2 rings (SSSR count). The van der Waals surface area contributed by atoms with E-state index in [0.29, 0.717) is 0 Å². The van der Waals surface area contributed by atoms with Gasteiger partial charge in [-0.15, -0.1) is 11.8 Å². The molecule has 4 N–H and O–H groups in total. The third-order valence-electron chi connectivity index (χ3n) is 2.99. The fraction of sp³-hybridized carbons (Fsp3) is 0.500. The molecule has 0 unspecified atom stereocenters. The van der Waals surface area contributed by atoms with E-state index in [1.807, 2.05) is 18.2 Å². The van der Waals surface area contributed by atoms with Crippen LogP contribution in [0.3, 0.4) is 0 Å². The highest BCUT2D eigenvalue weighted by atomic mass is 79.9. The molecular weight excluding hydrogens is 300 g/mol. The normalized spacial score (nSPS) is 19.2. The molecule has 0 atom stereocenters. The van der Waals surface area contributed by atoms with Crippen molar-refractivity contribution in [1.82, 2.24) is 5.32 Å². The van der Waals surface area contributed by atoms with Gasteiger partial charge in [0.2, 0.25) is 0 Å². The summed E-state index contributed by atoms with van der Waals surface area (Å²) in [5.74, 6) is 0.733. The van der Waals surface area contributed by atoms with Crippen molar-refractivity contribution < 1.29 is 5.11 Å². The number of benzene rings is 1. The van der Waals surface area contributed by atoms with Crippen LogP contribution in [0.2, 0.25) is 0 Å². The fourth-order valence-electron chi connectivity index (χ4n) is 1.88. The summed E-state index contributed by atoms with van der Waals surface area (Å²) in [4.78, 5) is 1.13. The number of piperidine rings is 1. The first-order valence-corrected chi connectivity index (χ1v) is 7.48. The van der Waals surface area contributed by atoms with E-state index in [4.69, 9.17) is 5.73 Å². The van der Waals surface area contributed by atoms with Gasteiger partial charge in [0, 0.05) is 20.8 Å². The van der Waals surface area contributed by atoms with Gasteiger partial charge < -0.3 is 16.2 Å². The Labute approximate surface area is 114 Å². The van der Waals surface area contributed by atoms with Gasteiger partial charge in [-0.25, -0.2) is 0 Å². The van der Waals surface area contributed by atoms with Crippen LogP contribution in [0, 0.1) is 0 Å². The summed E-state index contributed by atoms with van der Waals surface area (Å²) in [5.41, 5.74) is 5.92. The lowest BCUT2D eigenvalue weighted by Crippen LogP contribution is -2.43. The second kappa shape index (κ2) is 5.61. The number of hydrogen-bond donors (Lipinski definition) is 3. The van der Waals surface area contributed by atoms with Gasteiger partial charge >= 0.3 is 0 Å². The highest BCUT2D eigenvalue weighted by molar-refractivity contribution is 9.10. The number of thioether (sulfide) groups is 1. The molecule has 0 amide bonds. The Morgan fingerprint density at radius 1 is 1.41 bits per heavy atom. The molecule has 0 saturated carbocycles. The van der Waals surface area contributed by atoms with Crippen LogP contribution in [0.4, 0.5) is 5.69 Å². The second-order valence-corrected chi connectivity index (χ2v) is 6.32. The number of anilines is 1. The maximum absolute atomic E-state index is 10.4. The number of nitrogens with one attached hydrogen (secondary N) is 1. The number of halogens is 1. The quantitative estimate of drug-likeness (QED) is 0.591. The first-order chi connectivity index (χ1) is 8.09. The van der Waals surface area contributed by atoms with E-state index in [2.05, 4.69) is 21.2 Å². The van der Waals surface area contributed by atoms with Gasteiger partial charge in [0.05, 0.1) is 5.60 Å². The standard InChI is InChI=1S/C12H17BrN2OS/c13-10-7-9(14)1-2-11(10)17-8-12(16)3-5-15-6-4-12/h1-2,7,15-16H,3-6,8,14H2. The molecule has 0 spiro atoms. The third kappa shape index (κ3) is 3.61. The van der Waals surface area contributed by atoms with E-state index in [-0.39, 0.29) is 0 Å². The molecule has 1 aromatic carbocycles. The maximum Gasteiger partial charge on any atom is 0.0765 e. The summed E-state index contributed by atoms with van der Waals surface area (Å²) in [6.45, 7) is 1.81. The minimum atomic E-state index is -0.531. The Hall–Kier alpha value is -0.230. The van der Waals surface area contributed by atoms with E-state index in [1.54, 1.807) is 11.8 Å². The summed E-state index contributed by atoms with van der Waals surface area (Å²) in [6, 6.07) is 5.78. The molecule has 1 aromatic rings. The first-order valence-electron chi connectivity index (χ1n) is 5.70. The van der Waals surface area contributed by atoms with E-state index in [1.165, 1.54) is 0 Å². The molecule has 1 aliphatic heterocycles. The zero-order chi connectivity index (χ0) is 12.3. The van der Waals surface area contributed by atoms with Crippen LogP contribution in [-0.4, -0.2) is 29.5 Å². The minimum absolute atomic E-state index is 0.531. The molecule has 1 heterocycles. The van der Waals surface area contributed by atoms with Crippen molar-refractivity contribution in [2.45, 2.75) is 23.3 Å². The van der Waals surface area contributed by atoms with E-state index < -0.39 is 5.60 Å². The molecular formula is C12H17BrN2OS.